The van der Waals surface area contributed by atoms with E-state index in [1.54, 1.807) is 4.68 Å². The van der Waals surface area contributed by atoms with Gasteiger partial charge in [0.15, 0.2) is 6.10 Å². The molecule has 0 aliphatic carbocycles. The molecular formula is C29H40N6O2. The largest absolute Gasteiger partial charge is 0.394 e. The van der Waals surface area contributed by atoms with E-state index in [9.17, 15) is 5.11 Å². The van der Waals surface area contributed by atoms with Gasteiger partial charge in [-0.2, -0.15) is 0 Å². The SMILES string of the molecule is CCc1cc2c(nc1CC)CCN(CC/C(C)=N/O[C@H](C)c1cn([C@H](CO)Cc3ccccc3)nn1)C2. The molecule has 4 rings (SSSR count). The molecule has 37 heavy (non-hydrogen) atoms. The quantitative estimate of drug-likeness (QED) is 0.289. The first kappa shape index (κ1) is 26.9. The van der Waals surface area contributed by atoms with Crippen LogP contribution in [-0.2, 0) is 37.1 Å². The zero-order valence-electron chi connectivity index (χ0n) is 22.6. The van der Waals surface area contributed by atoms with E-state index in [1.165, 1.54) is 22.5 Å². The fourth-order valence-corrected chi connectivity index (χ4v) is 4.80. The summed E-state index contributed by atoms with van der Waals surface area (Å²) in [5.74, 6) is 0. The fourth-order valence-electron chi connectivity index (χ4n) is 4.80. The predicted molar refractivity (Wildman–Crippen MR) is 145 cm³/mol. The summed E-state index contributed by atoms with van der Waals surface area (Å²) in [5, 5.41) is 22.8. The van der Waals surface area contributed by atoms with Crippen molar-refractivity contribution < 1.29 is 9.94 Å². The van der Waals surface area contributed by atoms with Crippen molar-refractivity contribution in [1.29, 1.82) is 0 Å². The number of aliphatic hydroxyl groups excluding tert-OH is 1. The zero-order chi connectivity index (χ0) is 26.2. The van der Waals surface area contributed by atoms with Crippen molar-refractivity contribution in [2.45, 2.75) is 78.5 Å². The van der Waals surface area contributed by atoms with E-state index in [4.69, 9.17) is 9.82 Å². The lowest BCUT2D eigenvalue weighted by atomic mass is 9.99. The molecule has 3 aromatic rings. The molecule has 0 spiro atoms. The van der Waals surface area contributed by atoms with Crippen LogP contribution in [0.15, 0.2) is 47.8 Å². The number of aromatic nitrogens is 4. The molecule has 0 radical (unpaired) electrons. The molecule has 0 bridgehead atoms. The van der Waals surface area contributed by atoms with Crippen LogP contribution in [0.1, 0.15) is 80.0 Å². The van der Waals surface area contributed by atoms with Crippen LogP contribution in [0.4, 0.5) is 0 Å². The van der Waals surface area contributed by atoms with Crippen molar-refractivity contribution in [3.05, 3.63) is 76.4 Å². The Kier molecular flexibility index (Phi) is 9.41. The molecule has 1 aliphatic heterocycles. The molecule has 0 fully saturated rings. The number of oxime groups is 1. The van der Waals surface area contributed by atoms with Gasteiger partial charge in [0.25, 0.3) is 0 Å². The molecule has 0 saturated carbocycles. The minimum atomic E-state index is -0.326. The zero-order valence-corrected chi connectivity index (χ0v) is 22.6. The second-order valence-corrected chi connectivity index (χ2v) is 9.91. The lowest BCUT2D eigenvalue weighted by Gasteiger charge is -2.29. The lowest BCUT2D eigenvalue weighted by Crippen LogP contribution is -2.33. The number of aryl methyl sites for hydroxylation is 2. The highest BCUT2D eigenvalue weighted by Gasteiger charge is 2.20. The van der Waals surface area contributed by atoms with Gasteiger partial charge in [-0.15, -0.1) is 5.10 Å². The van der Waals surface area contributed by atoms with E-state index in [2.05, 4.69) is 40.3 Å². The minimum absolute atomic E-state index is 0.0131. The molecule has 1 N–H and O–H groups in total. The van der Waals surface area contributed by atoms with Gasteiger partial charge in [-0.1, -0.05) is 60.6 Å². The topological polar surface area (TPSA) is 88.7 Å². The van der Waals surface area contributed by atoms with E-state index in [-0.39, 0.29) is 18.8 Å². The normalized spacial score (nSPS) is 15.9. The Morgan fingerprint density at radius 2 is 2.00 bits per heavy atom. The average molecular weight is 505 g/mol. The Hall–Kier alpha value is -3.10. The molecule has 3 heterocycles. The van der Waals surface area contributed by atoms with Crippen LogP contribution in [0.5, 0.6) is 0 Å². The average Bonchev–Trinajstić information content (AvgIpc) is 3.43. The second kappa shape index (κ2) is 12.9. The molecule has 0 saturated heterocycles. The number of rotatable bonds is 12. The van der Waals surface area contributed by atoms with Gasteiger partial charge in [0.05, 0.1) is 24.6 Å². The highest BCUT2D eigenvalue weighted by atomic mass is 16.6. The lowest BCUT2D eigenvalue weighted by molar-refractivity contribution is 0.0683. The summed E-state index contributed by atoms with van der Waals surface area (Å²) in [7, 11) is 0. The monoisotopic (exact) mass is 504 g/mol. The number of hydrogen-bond acceptors (Lipinski definition) is 7. The number of nitrogens with zero attached hydrogens (tertiary/aromatic N) is 6. The van der Waals surface area contributed by atoms with Gasteiger partial charge in [0.2, 0.25) is 0 Å². The Balaban J connectivity index is 1.28. The van der Waals surface area contributed by atoms with Crippen LogP contribution in [0.3, 0.4) is 0 Å². The van der Waals surface area contributed by atoms with Gasteiger partial charge in [0.1, 0.15) is 5.69 Å². The number of benzene rings is 1. The summed E-state index contributed by atoms with van der Waals surface area (Å²) in [6.07, 6.45) is 6.08. The highest BCUT2D eigenvalue weighted by molar-refractivity contribution is 5.81. The van der Waals surface area contributed by atoms with Crippen molar-refractivity contribution >= 4 is 5.71 Å². The minimum Gasteiger partial charge on any atom is -0.394 e. The smallest absolute Gasteiger partial charge is 0.169 e. The van der Waals surface area contributed by atoms with Gasteiger partial charge in [-0.3, -0.25) is 9.88 Å². The Morgan fingerprint density at radius 1 is 1.19 bits per heavy atom. The third kappa shape index (κ3) is 7.02. The Bertz CT molecular complexity index is 1180. The third-order valence-electron chi connectivity index (χ3n) is 7.13. The molecule has 8 heteroatoms. The molecule has 0 unspecified atom stereocenters. The fraction of sp³-hybridized carbons (Fsp3) is 0.517. The Morgan fingerprint density at radius 3 is 2.73 bits per heavy atom. The van der Waals surface area contributed by atoms with E-state index < -0.39 is 0 Å². The summed E-state index contributed by atoms with van der Waals surface area (Å²) < 4.78 is 1.72. The number of hydrogen-bond donors (Lipinski definition) is 1. The first-order valence-corrected chi connectivity index (χ1v) is 13.5. The van der Waals surface area contributed by atoms with Gasteiger partial charge >= 0.3 is 0 Å². The summed E-state index contributed by atoms with van der Waals surface area (Å²) in [4.78, 5) is 13.2. The molecule has 0 amide bonds. The number of fused-ring (bicyclic) bond motifs is 1. The van der Waals surface area contributed by atoms with E-state index in [0.29, 0.717) is 12.1 Å². The van der Waals surface area contributed by atoms with Crippen LogP contribution in [0, 0.1) is 0 Å². The van der Waals surface area contributed by atoms with Crippen molar-refractivity contribution in [2.24, 2.45) is 5.16 Å². The summed E-state index contributed by atoms with van der Waals surface area (Å²) in [6, 6.07) is 12.3. The molecular weight excluding hydrogens is 464 g/mol. The summed E-state index contributed by atoms with van der Waals surface area (Å²) in [6.45, 7) is 11.2. The van der Waals surface area contributed by atoms with Crippen molar-refractivity contribution in [3.8, 4) is 0 Å². The molecule has 1 aliphatic rings. The van der Waals surface area contributed by atoms with Gasteiger partial charge < -0.3 is 9.94 Å². The first-order chi connectivity index (χ1) is 18.0. The predicted octanol–water partition coefficient (Wildman–Crippen LogP) is 4.48. The van der Waals surface area contributed by atoms with E-state index in [1.807, 2.05) is 50.4 Å². The maximum atomic E-state index is 9.89. The Labute approximate surface area is 220 Å². The van der Waals surface area contributed by atoms with Crippen LogP contribution >= 0.6 is 0 Å². The maximum absolute atomic E-state index is 9.89. The van der Waals surface area contributed by atoms with Crippen LogP contribution in [-0.4, -0.2) is 55.4 Å². The van der Waals surface area contributed by atoms with Crippen molar-refractivity contribution in [2.75, 3.05) is 19.7 Å². The van der Waals surface area contributed by atoms with Gasteiger partial charge in [-0.25, -0.2) is 4.68 Å². The van der Waals surface area contributed by atoms with Gasteiger partial charge in [-0.05, 0) is 49.8 Å². The first-order valence-electron chi connectivity index (χ1n) is 13.5. The molecule has 8 nitrogen and oxygen atoms in total. The van der Waals surface area contributed by atoms with Crippen molar-refractivity contribution in [3.63, 3.8) is 0 Å². The standard InChI is InChI=1S/C29H40N6O2/c1-5-24-17-25-18-34(15-13-28(25)30-27(24)6-2)14-12-21(3)32-37-22(4)29-19-35(33-31-29)26(20-36)16-23-10-8-7-9-11-23/h7-11,17,19,22,26,36H,5-6,12-16,18,20H2,1-4H3/b32-21+/t22-,26+/m1/s1. The molecule has 2 atom stereocenters. The second-order valence-electron chi connectivity index (χ2n) is 9.91. The number of pyridine rings is 1. The van der Waals surface area contributed by atoms with Crippen LogP contribution in [0.2, 0.25) is 0 Å². The maximum Gasteiger partial charge on any atom is 0.169 e. The van der Waals surface area contributed by atoms with Crippen LogP contribution in [0.25, 0.3) is 0 Å². The van der Waals surface area contributed by atoms with Crippen molar-refractivity contribution in [1.82, 2.24) is 24.9 Å². The summed E-state index contributed by atoms with van der Waals surface area (Å²) in [5.41, 5.74) is 8.08. The molecule has 198 valence electrons. The van der Waals surface area contributed by atoms with Crippen LogP contribution < -0.4 is 0 Å². The molecule has 1 aromatic carbocycles. The van der Waals surface area contributed by atoms with E-state index in [0.717, 1.165) is 56.6 Å². The van der Waals surface area contributed by atoms with Gasteiger partial charge in [0, 0.05) is 43.9 Å². The number of aliphatic hydroxyl groups is 1. The summed E-state index contributed by atoms with van der Waals surface area (Å²) >= 11 is 0. The third-order valence-corrected chi connectivity index (χ3v) is 7.13. The molecule has 2 aromatic heterocycles. The highest BCUT2D eigenvalue weighted by Crippen LogP contribution is 2.22. The van der Waals surface area contributed by atoms with E-state index >= 15 is 0 Å².